The molecule has 70 valence electrons. The summed E-state index contributed by atoms with van der Waals surface area (Å²) in [7, 11) is 0. The van der Waals surface area contributed by atoms with E-state index in [2.05, 4.69) is 20.2 Å². The van der Waals surface area contributed by atoms with Gasteiger partial charge in [0.1, 0.15) is 0 Å². The van der Waals surface area contributed by atoms with Gasteiger partial charge >= 0.3 is 0 Å². The lowest BCUT2D eigenvalue weighted by atomic mass is 10.3. The molecule has 2 heterocycles. The number of fused-ring (bicyclic) bond motifs is 1. The minimum atomic E-state index is 0.277. The molecule has 0 spiro atoms. The van der Waals surface area contributed by atoms with Gasteiger partial charge in [-0.25, -0.2) is 4.98 Å². The van der Waals surface area contributed by atoms with Crippen molar-refractivity contribution in [1.29, 1.82) is 0 Å². The summed E-state index contributed by atoms with van der Waals surface area (Å²) in [5.74, 6) is 0.277. The maximum Gasteiger partial charge on any atom is 0.222 e. The summed E-state index contributed by atoms with van der Waals surface area (Å²) in [6.45, 7) is 5.87. The van der Waals surface area contributed by atoms with E-state index < -0.39 is 0 Å². The molecule has 13 heavy (non-hydrogen) atoms. The quantitative estimate of drug-likeness (QED) is 0.638. The number of nitrogens with one attached hydrogen (secondary N) is 1. The molecule has 0 bridgehead atoms. The summed E-state index contributed by atoms with van der Waals surface area (Å²) in [5.41, 5.74) is 6.95. The zero-order valence-corrected chi connectivity index (χ0v) is 8.00. The van der Waals surface area contributed by atoms with Crippen molar-refractivity contribution in [2.24, 2.45) is 0 Å². The molecule has 0 atom stereocenters. The van der Waals surface area contributed by atoms with Crippen LogP contribution < -0.4 is 5.73 Å². The number of rotatable bonds is 0. The number of hydrogen-bond acceptors (Lipinski definition) is 4. The van der Waals surface area contributed by atoms with E-state index in [1.807, 2.05) is 20.8 Å². The van der Waals surface area contributed by atoms with Gasteiger partial charge in [-0.15, -0.1) is 0 Å². The van der Waals surface area contributed by atoms with Crippen LogP contribution in [0.3, 0.4) is 0 Å². The predicted octanol–water partition coefficient (Wildman–Crippen LogP) is 1.27. The zero-order chi connectivity index (χ0) is 9.84. The average molecular weight is 179 g/mol. The van der Waals surface area contributed by atoms with Crippen LogP contribution in [0.25, 0.3) is 11.0 Å². The third-order valence-corrected chi connectivity index (χ3v) is 1.52. The number of nitrogens with two attached hydrogens (primary N) is 1. The molecule has 5 nitrogen and oxygen atoms in total. The van der Waals surface area contributed by atoms with Gasteiger partial charge in [0, 0.05) is 0 Å². The summed E-state index contributed by atoms with van der Waals surface area (Å²) in [5, 5.41) is 7.46. The molecule has 0 saturated heterocycles. The highest BCUT2D eigenvalue weighted by molar-refractivity contribution is 5.77. The molecule has 2 aromatic heterocycles. The third-order valence-electron chi connectivity index (χ3n) is 1.52. The van der Waals surface area contributed by atoms with Crippen molar-refractivity contribution >= 4 is 17.0 Å². The highest BCUT2D eigenvalue weighted by Crippen LogP contribution is 2.11. The predicted molar refractivity (Wildman–Crippen MR) is 52.2 cm³/mol. The average Bonchev–Trinajstić information content (AvgIpc) is 2.55. The van der Waals surface area contributed by atoms with E-state index in [0.717, 1.165) is 11.1 Å². The van der Waals surface area contributed by atoms with Gasteiger partial charge in [0.2, 0.25) is 5.95 Å². The fourth-order valence-corrected chi connectivity index (χ4v) is 1.00. The summed E-state index contributed by atoms with van der Waals surface area (Å²) in [4.78, 5) is 7.93. The highest BCUT2D eigenvalue weighted by atomic mass is 15.2. The van der Waals surface area contributed by atoms with Crippen LogP contribution in [0.5, 0.6) is 0 Å². The Bertz CT molecular complexity index is 392. The Morgan fingerprint density at radius 1 is 1.31 bits per heavy atom. The minimum Gasteiger partial charge on any atom is -0.368 e. The van der Waals surface area contributed by atoms with Gasteiger partial charge in [0.15, 0.2) is 5.65 Å². The first-order valence-corrected chi connectivity index (χ1v) is 4.20. The first-order chi connectivity index (χ1) is 6.27. The van der Waals surface area contributed by atoms with E-state index in [1.165, 1.54) is 0 Å². The molecule has 3 N–H and O–H groups in total. The lowest BCUT2D eigenvalue weighted by molar-refractivity contribution is 1.09. The van der Waals surface area contributed by atoms with E-state index in [0.29, 0.717) is 5.65 Å². The van der Waals surface area contributed by atoms with Crippen LogP contribution in [0.1, 0.15) is 19.5 Å². The van der Waals surface area contributed by atoms with Crippen molar-refractivity contribution in [3.05, 3.63) is 11.9 Å². The number of nitrogen functional groups attached to an aromatic ring is 1. The molecular weight excluding hydrogens is 166 g/mol. The Labute approximate surface area is 76.4 Å². The Morgan fingerprint density at radius 3 is 2.69 bits per heavy atom. The molecule has 0 fully saturated rings. The molecule has 2 rings (SSSR count). The molecule has 0 aromatic carbocycles. The van der Waals surface area contributed by atoms with Crippen LogP contribution in [0.2, 0.25) is 0 Å². The normalized spacial score (nSPS) is 9.46. The summed E-state index contributed by atoms with van der Waals surface area (Å²) >= 11 is 0. The fourth-order valence-electron chi connectivity index (χ4n) is 1.00. The number of aromatic amines is 1. The Kier molecular flexibility index (Phi) is 2.79. The van der Waals surface area contributed by atoms with Gasteiger partial charge < -0.3 is 5.73 Å². The monoisotopic (exact) mass is 179 g/mol. The lowest BCUT2D eigenvalue weighted by Gasteiger charge is -1.94. The van der Waals surface area contributed by atoms with Gasteiger partial charge in [0.25, 0.3) is 0 Å². The maximum absolute atomic E-state index is 5.41. The van der Waals surface area contributed by atoms with Crippen LogP contribution in [0.15, 0.2) is 6.20 Å². The maximum atomic E-state index is 5.41. The first-order valence-electron chi connectivity index (χ1n) is 4.20. The van der Waals surface area contributed by atoms with Crippen LogP contribution in [0.4, 0.5) is 5.95 Å². The Balaban J connectivity index is 0.000000396. The standard InChI is InChI=1S/C6H7N5.C2H6/c1-3-4-2-8-11-5(4)10-6(7)9-3;1-2/h2H,1H3,(H3,7,8,9,10,11);1-2H3. The van der Waals surface area contributed by atoms with Gasteiger partial charge in [-0.05, 0) is 6.92 Å². The molecule has 5 heteroatoms. The molecule has 0 aliphatic rings. The van der Waals surface area contributed by atoms with E-state index in [4.69, 9.17) is 5.73 Å². The number of anilines is 1. The van der Waals surface area contributed by atoms with E-state index in [1.54, 1.807) is 6.20 Å². The topological polar surface area (TPSA) is 80.5 Å². The van der Waals surface area contributed by atoms with Crippen molar-refractivity contribution < 1.29 is 0 Å². The second kappa shape index (κ2) is 3.84. The van der Waals surface area contributed by atoms with Gasteiger partial charge in [-0.3, -0.25) is 5.10 Å². The molecule has 0 aliphatic carbocycles. The number of nitrogens with zero attached hydrogens (tertiary/aromatic N) is 3. The number of aromatic nitrogens is 4. The smallest absolute Gasteiger partial charge is 0.222 e. The summed E-state index contributed by atoms with van der Waals surface area (Å²) < 4.78 is 0. The van der Waals surface area contributed by atoms with Gasteiger partial charge in [0.05, 0.1) is 17.3 Å². The Morgan fingerprint density at radius 2 is 2.00 bits per heavy atom. The highest BCUT2D eigenvalue weighted by Gasteiger charge is 2.01. The second-order valence-corrected chi connectivity index (χ2v) is 2.30. The van der Waals surface area contributed by atoms with Crippen molar-refractivity contribution in [2.45, 2.75) is 20.8 Å². The molecular formula is C8H13N5. The number of hydrogen-bond donors (Lipinski definition) is 2. The fraction of sp³-hybridized carbons (Fsp3) is 0.375. The SMILES string of the molecule is CC.Cc1nc(N)nc2[nH]ncc12. The molecule has 0 aliphatic heterocycles. The molecule has 0 radical (unpaired) electrons. The van der Waals surface area contributed by atoms with E-state index >= 15 is 0 Å². The first kappa shape index (κ1) is 9.44. The number of H-pyrrole nitrogens is 1. The van der Waals surface area contributed by atoms with Crippen molar-refractivity contribution in [3.63, 3.8) is 0 Å². The van der Waals surface area contributed by atoms with Crippen LogP contribution in [-0.2, 0) is 0 Å². The second-order valence-electron chi connectivity index (χ2n) is 2.30. The van der Waals surface area contributed by atoms with Crippen molar-refractivity contribution in [3.8, 4) is 0 Å². The lowest BCUT2D eigenvalue weighted by Crippen LogP contribution is -1.96. The number of aryl methyl sites for hydroxylation is 1. The third kappa shape index (κ3) is 1.74. The molecule has 2 aromatic rings. The van der Waals surface area contributed by atoms with E-state index in [-0.39, 0.29) is 5.95 Å². The summed E-state index contributed by atoms with van der Waals surface area (Å²) in [6, 6.07) is 0. The van der Waals surface area contributed by atoms with E-state index in [9.17, 15) is 0 Å². The zero-order valence-electron chi connectivity index (χ0n) is 8.00. The van der Waals surface area contributed by atoms with Crippen LogP contribution >= 0.6 is 0 Å². The van der Waals surface area contributed by atoms with Crippen LogP contribution in [-0.4, -0.2) is 20.2 Å². The molecule has 0 amide bonds. The minimum absolute atomic E-state index is 0.277. The van der Waals surface area contributed by atoms with Gasteiger partial charge in [-0.2, -0.15) is 10.1 Å². The molecule has 0 unspecified atom stereocenters. The summed E-state index contributed by atoms with van der Waals surface area (Å²) in [6.07, 6.45) is 1.68. The van der Waals surface area contributed by atoms with Crippen molar-refractivity contribution in [2.75, 3.05) is 5.73 Å². The van der Waals surface area contributed by atoms with Crippen molar-refractivity contribution in [1.82, 2.24) is 20.2 Å². The van der Waals surface area contributed by atoms with Crippen LogP contribution in [0, 0.1) is 6.92 Å². The molecule has 0 saturated carbocycles. The Hall–Kier alpha value is -1.65. The largest absolute Gasteiger partial charge is 0.368 e. The van der Waals surface area contributed by atoms with Gasteiger partial charge in [-0.1, -0.05) is 13.8 Å².